The smallest absolute Gasteiger partial charge is 0.287 e. The largest absolute Gasteiger partial charge is 0.497 e. The second-order valence-electron chi connectivity index (χ2n) is 6.78. The van der Waals surface area contributed by atoms with Gasteiger partial charge in [0.25, 0.3) is 5.91 Å². The molecule has 2 aromatic carbocycles. The van der Waals surface area contributed by atoms with Crippen LogP contribution in [0.25, 0.3) is 11.0 Å². The Balaban J connectivity index is 1.81. The molecular weight excluding hydrogens is 352 g/mol. The highest BCUT2D eigenvalue weighted by Gasteiger charge is 2.22. The van der Waals surface area contributed by atoms with Gasteiger partial charge in [-0.15, -0.1) is 0 Å². The van der Waals surface area contributed by atoms with Gasteiger partial charge in [0.05, 0.1) is 13.2 Å². The van der Waals surface area contributed by atoms with Gasteiger partial charge in [-0.1, -0.05) is 44.2 Å². The van der Waals surface area contributed by atoms with Crippen molar-refractivity contribution in [3.05, 3.63) is 65.4 Å². The molecule has 0 aliphatic rings. The van der Waals surface area contributed by atoms with Crippen molar-refractivity contribution in [1.82, 2.24) is 10.2 Å². The van der Waals surface area contributed by atoms with E-state index in [1.54, 1.807) is 7.11 Å². The Hall–Kier alpha value is -2.79. The van der Waals surface area contributed by atoms with Gasteiger partial charge in [-0.3, -0.25) is 9.69 Å². The van der Waals surface area contributed by atoms with Crippen LogP contribution in [0.4, 0.5) is 0 Å². The maximum Gasteiger partial charge on any atom is 0.287 e. The molecule has 28 heavy (non-hydrogen) atoms. The number of carbonyl (C=O) groups is 1. The molecule has 1 heterocycles. The van der Waals surface area contributed by atoms with E-state index in [4.69, 9.17) is 9.15 Å². The third-order valence-corrected chi connectivity index (χ3v) is 5.24. The minimum Gasteiger partial charge on any atom is -0.497 e. The molecule has 0 saturated carbocycles. The minimum absolute atomic E-state index is 0.116. The molecule has 1 aromatic heterocycles. The van der Waals surface area contributed by atoms with Gasteiger partial charge in [0.1, 0.15) is 11.3 Å². The summed E-state index contributed by atoms with van der Waals surface area (Å²) in [5, 5.41) is 3.97. The van der Waals surface area contributed by atoms with Crippen molar-refractivity contribution in [2.24, 2.45) is 0 Å². The fraction of sp³-hybridized carbons (Fsp3) is 0.348. The van der Waals surface area contributed by atoms with Gasteiger partial charge < -0.3 is 14.5 Å². The van der Waals surface area contributed by atoms with Crippen LogP contribution in [0, 0.1) is 6.92 Å². The first kappa shape index (κ1) is 20.0. The average molecular weight is 380 g/mol. The third-order valence-electron chi connectivity index (χ3n) is 5.24. The number of ether oxygens (including phenoxy) is 1. The predicted molar refractivity (Wildman–Crippen MR) is 112 cm³/mol. The van der Waals surface area contributed by atoms with E-state index in [-0.39, 0.29) is 11.9 Å². The summed E-state index contributed by atoms with van der Waals surface area (Å²) >= 11 is 0. The Morgan fingerprint density at radius 1 is 1.14 bits per heavy atom. The molecule has 0 aliphatic heterocycles. The van der Waals surface area contributed by atoms with Crippen LogP contribution in [-0.2, 0) is 0 Å². The molecule has 148 valence electrons. The number of benzene rings is 2. The molecule has 0 saturated heterocycles. The van der Waals surface area contributed by atoms with Gasteiger partial charge in [0, 0.05) is 17.5 Å². The Morgan fingerprint density at radius 3 is 2.50 bits per heavy atom. The highest BCUT2D eigenvalue weighted by Crippen LogP contribution is 2.29. The molecule has 0 bridgehead atoms. The number of furan rings is 1. The van der Waals surface area contributed by atoms with E-state index in [0.717, 1.165) is 29.8 Å². The molecule has 1 atom stereocenters. The van der Waals surface area contributed by atoms with Crippen LogP contribution in [0.5, 0.6) is 5.75 Å². The van der Waals surface area contributed by atoms with Crippen LogP contribution in [-0.4, -0.2) is 37.6 Å². The maximum atomic E-state index is 12.9. The summed E-state index contributed by atoms with van der Waals surface area (Å²) in [5.41, 5.74) is 2.70. The summed E-state index contributed by atoms with van der Waals surface area (Å²) < 4.78 is 11.1. The number of fused-ring (bicyclic) bond motifs is 1. The topological polar surface area (TPSA) is 54.7 Å². The van der Waals surface area contributed by atoms with Crippen LogP contribution >= 0.6 is 0 Å². The van der Waals surface area contributed by atoms with E-state index in [1.807, 2.05) is 43.3 Å². The number of carbonyl (C=O) groups excluding carboxylic acids is 1. The van der Waals surface area contributed by atoms with Crippen LogP contribution in [0.1, 0.15) is 41.6 Å². The summed E-state index contributed by atoms with van der Waals surface area (Å²) in [6.07, 6.45) is 0. The molecule has 0 spiro atoms. The Morgan fingerprint density at radius 2 is 1.86 bits per heavy atom. The summed E-state index contributed by atoms with van der Waals surface area (Å²) in [5.74, 6) is 0.907. The number of amides is 1. The molecule has 5 heteroatoms. The van der Waals surface area contributed by atoms with Gasteiger partial charge in [0.15, 0.2) is 5.76 Å². The Labute approximate surface area is 166 Å². The van der Waals surface area contributed by atoms with Crippen molar-refractivity contribution < 1.29 is 13.9 Å². The number of methoxy groups -OCH3 is 1. The zero-order valence-corrected chi connectivity index (χ0v) is 17.0. The lowest BCUT2D eigenvalue weighted by Crippen LogP contribution is -2.38. The molecule has 5 nitrogen and oxygen atoms in total. The fourth-order valence-corrected chi connectivity index (χ4v) is 3.61. The van der Waals surface area contributed by atoms with Crippen molar-refractivity contribution in [3.8, 4) is 5.75 Å². The van der Waals surface area contributed by atoms with Crippen molar-refractivity contribution in [3.63, 3.8) is 0 Å². The molecule has 0 unspecified atom stereocenters. The van der Waals surface area contributed by atoms with Crippen molar-refractivity contribution in [2.45, 2.75) is 26.8 Å². The summed E-state index contributed by atoms with van der Waals surface area (Å²) in [6, 6.07) is 16.0. The van der Waals surface area contributed by atoms with E-state index in [9.17, 15) is 4.79 Å². The van der Waals surface area contributed by atoms with Gasteiger partial charge in [-0.25, -0.2) is 0 Å². The molecule has 1 amide bonds. The zero-order chi connectivity index (χ0) is 20.1. The van der Waals surface area contributed by atoms with Crippen molar-refractivity contribution >= 4 is 16.9 Å². The normalized spacial score (nSPS) is 12.3. The quantitative estimate of drug-likeness (QED) is 0.622. The van der Waals surface area contributed by atoms with Crippen molar-refractivity contribution in [2.75, 3.05) is 26.7 Å². The second kappa shape index (κ2) is 8.93. The first-order valence-corrected chi connectivity index (χ1v) is 9.73. The molecular formula is C23H28N2O3. The van der Waals surface area contributed by atoms with Crippen molar-refractivity contribution in [1.29, 1.82) is 0 Å². The standard InChI is InChI=1S/C23H28N2O3/c1-5-25(6-2)20(17-10-8-7-9-11-17)15-24-23(26)22-16(3)19-14-18(27-4)12-13-21(19)28-22/h7-14,20H,5-6,15H2,1-4H3,(H,24,26)/t20-/m0/s1. The number of hydrogen-bond acceptors (Lipinski definition) is 4. The Bertz CT molecular complexity index is 930. The van der Waals surface area contributed by atoms with E-state index in [0.29, 0.717) is 17.9 Å². The molecule has 0 aliphatic carbocycles. The third kappa shape index (κ3) is 4.04. The number of nitrogens with one attached hydrogen (secondary N) is 1. The first-order chi connectivity index (χ1) is 13.6. The summed E-state index contributed by atoms with van der Waals surface area (Å²) in [7, 11) is 1.63. The van der Waals surface area contributed by atoms with Gasteiger partial charge in [-0.05, 0) is 43.8 Å². The molecule has 3 rings (SSSR count). The number of hydrogen-bond donors (Lipinski definition) is 1. The van der Waals surface area contributed by atoms with Gasteiger partial charge >= 0.3 is 0 Å². The SMILES string of the molecule is CCN(CC)[C@@H](CNC(=O)c1oc2ccc(OC)cc2c1C)c1ccccc1. The fourth-order valence-electron chi connectivity index (χ4n) is 3.61. The van der Waals surface area contributed by atoms with E-state index < -0.39 is 0 Å². The number of nitrogens with zero attached hydrogens (tertiary/aromatic N) is 1. The first-order valence-electron chi connectivity index (χ1n) is 9.73. The monoisotopic (exact) mass is 380 g/mol. The van der Waals surface area contributed by atoms with Crippen LogP contribution in [0.2, 0.25) is 0 Å². The van der Waals surface area contributed by atoms with Crippen LogP contribution < -0.4 is 10.1 Å². The van der Waals surface area contributed by atoms with E-state index in [1.165, 1.54) is 5.56 Å². The average Bonchev–Trinajstić information content (AvgIpc) is 3.07. The molecule has 1 N–H and O–H groups in total. The molecule has 3 aromatic rings. The lowest BCUT2D eigenvalue weighted by Gasteiger charge is -2.30. The van der Waals surface area contributed by atoms with E-state index >= 15 is 0 Å². The number of rotatable bonds is 8. The second-order valence-corrected chi connectivity index (χ2v) is 6.78. The van der Waals surface area contributed by atoms with Gasteiger partial charge in [0.2, 0.25) is 0 Å². The number of aryl methyl sites for hydroxylation is 1. The zero-order valence-electron chi connectivity index (χ0n) is 17.0. The van der Waals surface area contributed by atoms with Gasteiger partial charge in [-0.2, -0.15) is 0 Å². The van der Waals surface area contributed by atoms with Crippen LogP contribution in [0.15, 0.2) is 52.9 Å². The maximum absolute atomic E-state index is 12.9. The van der Waals surface area contributed by atoms with Crippen LogP contribution in [0.3, 0.4) is 0 Å². The molecule has 0 fully saturated rings. The number of likely N-dealkylation sites (N-methyl/N-ethyl adjacent to an activating group) is 1. The predicted octanol–water partition coefficient (Wildman–Crippen LogP) is 4.56. The van der Waals surface area contributed by atoms with E-state index in [2.05, 4.69) is 36.2 Å². The highest BCUT2D eigenvalue weighted by molar-refractivity contribution is 5.99. The lowest BCUT2D eigenvalue weighted by atomic mass is 10.0. The Kier molecular flexibility index (Phi) is 6.37. The highest BCUT2D eigenvalue weighted by atomic mass is 16.5. The lowest BCUT2D eigenvalue weighted by molar-refractivity contribution is 0.0908. The minimum atomic E-state index is -0.194. The molecule has 0 radical (unpaired) electrons. The summed E-state index contributed by atoms with van der Waals surface area (Å²) in [6.45, 7) is 8.52. The summed E-state index contributed by atoms with van der Waals surface area (Å²) in [4.78, 5) is 15.2.